The number of carbonyl (C=O) groups excluding carboxylic acids is 1. The minimum absolute atomic E-state index is 0.137. The molecular weight excluding hydrogens is 104 g/mol. The molecule has 0 unspecified atom stereocenters. The number of nitrogens with one attached hydrogen (secondary N) is 1. The van der Waals surface area contributed by atoms with Gasteiger partial charge in [0.2, 0.25) is 5.91 Å². The molecule has 0 bridgehead atoms. The second kappa shape index (κ2) is 2.13. The van der Waals surface area contributed by atoms with E-state index in [1.165, 1.54) is 5.01 Å². The summed E-state index contributed by atoms with van der Waals surface area (Å²) in [6.45, 7) is 4.96. The molecule has 1 fully saturated rings. The van der Waals surface area contributed by atoms with Gasteiger partial charge in [-0.2, -0.15) is 0 Å². The minimum atomic E-state index is -0.137. The molecule has 1 rings (SSSR count). The zero-order valence-electron chi connectivity index (χ0n) is 4.68. The molecule has 0 saturated carbocycles. The number of hydrazine groups is 1. The standard InChI is InChI=1S/C5H9N2O/c1-5(8)7-4-2-3-6-7/h6H,1-4H2. The lowest BCUT2D eigenvalue weighted by atomic mass is 10.5. The molecule has 0 atom stereocenters. The van der Waals surface area contributed by atoms with Gasteiger partial charge in [0.15, 0.2) is 0 Å². The Morgan fingerprint density at radius 1 is 1.75 bits per heavy atom. The highest BCUT2D eigenvalue weighted by Crippen LogP contribution is 1.94. The maximum atomic E-state index is 10.4. The molecule has 0 aromatic rings. The second-order valence-corrected chi connectivity index (χ2v) is 1.81. The van der Waals surface area contributed by atoms with Gasteiger partial charge >= 0.3 is 0 Å². The third-order valence-corrected chi connectivity index (χ3v) is 1.16. The van der Waals surface area contributed by atoms with Gasteiger partial charge in [-0.1, -0.05) is 0 Å². The molecule has 8 heavy (non-hydrogen) atoms. The Bertz CT molecular complexity index is 96.6. The molecule has 1 aliphatic rings. The van der Waals surface area contributed by atoms with Crippen molar-refractivity contribution >= 4 is 5.91 Å². The number of carbonyl (C=O) groups is 1. The van der Waals surface area contributed by atoms with E-state index in [2.05, 4.69) is 12.3 Å². The van der Waals surface area contributed by atoms with Gasteiger partial charge in [0.1, 0.15) is 0 Å². The van der Waals surface area contributed by atoms with Crippen LogP contribution >= 0.6 is 0 Å². The topological polar surface area (TPSA) is 32.3 Å². The van der Waals surface area contributed by atoms with Crippen molar-refractivity contribution in [3.63, 3.8) is 0 Å². The van der Waals surface area contributed by atoms with Crippen LogP contribution in [0, 0.1) is 6.92 Å². The van der Waals surface area contributed by atoms with Gasteiger partial charge in [-0.25, -0.2) is 5.43 Å². The zero-order valence-corrected chi connectivity index (χ0v) is 4.68. The van der Waals surface area contributed by atoms with E-state index in [0.29, 0.717) is 0 Å². The summed E-state index contributed by atoms with van der Waals surface area (Å²) in [6, 6.07) is 0. The van der Waals surface area contributed by atoms with Crippen molar-refractivity contribution in [2.75, 3.05) is 13.1 Å². The van der Waals surface area contributed by atoms with Crippen LogP contribution in [0.4, 0.5) is 0 Å². The second-order valence-electron chi connectivity index (χ2n) is 1.81. The van der Waals surface area contributed by atoms with Crippen molar-refractivity contribution in [1.29, 1.82) is 0 Å². The average Bonchev–Trinajstić information content (AvgIpc) is 2.12. The summed E-state index contributed by atoms with van der Waals surface area (Å²) in [7, 11) is 0. The van der Waals surface area contributed by atoms with Crippen LogP contribution in [0.5, 0.6) is 0 Å². The van der Waals surface area contributed by atoms with E-state index in [0.717, 1.165) is 19.5 Å². The van der Waals surface area contributed by atoms with Gasteiger partial charge in [0.25, 0.3) is 0 Å². The molecule has 0 aliphatic carbocycles. The quantitative estimate of drug-likeness (QED) is 0.462. The Morgan fingerprint density at radius 2 is 2.50 bits per heavy atom. The first-order chi connectivity index (χ1) is 3.80. The number of hydrogen-bond donors (Lipinski definition) is 1. The molecule has 0 aromatic carbocycles. The lowest BCUT2D eigenvalue weighted by Crippen LogP contribution is -2.34. The molecule has 3 heteroatoms. The average molecular weight is 113 g/mol. The van der Waals surface area contributed by atoms with E-state index >= 15 is 0 Å². The fourth-order valence-corrected chi connectivity index (χ4v) is 0.743. The van der Waals surface area contributed by atoms with Gasteiger partial charge in [-0.05, 0) is 6.42 Å². The van der Waals surface area contributed by atoms with Gasteiger partial charge < -0.3 is 0 Å². The smallest absolute Gasteiger partial charge is 0.237 e. The number of hydrogen-bond acceptors (Lipinski definition) is 2. The van der Waals surface area contributed by atoms with Crippen LogP contribution in [-0.2, 0) is 4.79 Å². The SMILES string of the molecule is [CH2]C(=O)N1CCCN1. The van der Waals surface area contributed by atoms with E-state index in [1.54, 1.807) is 0 Å². The van der Waals surface area contributed by atoms with Crippen LogP contribution in [0.3, 0.4) is 0 Å². The van der Waals surface area contributed by atoms with Gasteiger partial charge in [0, 0.05) is 20.0 Å². The highest BCUT2D eigenvalue weighted by Gasteiger charge is 2.11. The van der Waals surface area contributed by atoms with E-state index < -0.39 is 0 Å². The van der Waals surface area contributed by atoms with Crippen LogP contribution in [0.25, 0.3) is 0 Å². The van der Waals surface area contributed by atoms with Gasteiger partial charge in [-0.3, -0.25) is 9.80 Å². The highest BCUT2D eigenvalue weighted by molar-refractivity contribution is 5.79. The van der Waals surface area contributed by atoms with Crippen LogP contribution < -0.4 is 5.43 Å². The highest BCUT2D eigenvalue weighted by atomic mass is 16.2. The van der Waals surface area contributed by atoms with Crippen molar-refractivity contribution in [3.05, 3.63) is 6.92 Å². The molecule has 1 amide bonds. The predicted octanol–water partition coefficient (Wildman–Crippen LogP) is -0.443. The summed E-state index contributed by atoms with van der Waals surface area (Å²) in [5, 5.41) is 1.53. The third kappa shape index (κ3) is 0.980. The van der Waals surface area contributed by atoms with Crippen LogP contribution in [0.1, 0.15) is 6.42 Å². The first-order valence-corrected chi connectivity index (χ1v) is 2.67. The van der Waals surface area contributed by atoms with E-state index in [-0.39, 0.29) is 5.91 Å². The molecule has 45 valence electrons. The van der Waals surface area contributed by atoms with Crippen molar-refractivity contribution in [2.45, 2.75) is 6.42 Å². The van der Waals surface area contributed by atoms with Crippen molar-refractivity contribution in [3.8, 4) is 0 Å². The van der Waals surface area contributed by atoms with Gasteiger partial charge in [0.05, 0.1) is 0 Å². The fourth-order valence-electron chi connectivity index (χ4n) is 0.743. The zero-order chi connectivity index (χ0) is 5.98. The normalized spacial score (nSPS) is 19.4. The Morgan fingerprint density at radius 3 is 2.75 bits per heavy atom. The lowest BCUT2D eigenvalue weighted by molar-refractivity contribution is -0.127. The third-order valence-electron chi connectivity index (χ3n) is 1.16. The largest absolute Gasteiger partial charge is 0.278 e. The van der Waals surface area contributed by atoms with Crippen molar-refractivity contribution in [2.24, 2.45) is 0 Å². The van der Waals surface area contributed by atoms with Gasteiger partial charge in [-0.15, -0.1) is 0 Å². The number of amides is 1. The number of rotatable bonds is 0. The fraction of sp³-hybridized carbons (Fsp3) is 0.600. The summed E-state index contributed by atoms with van der Waals surface area (Å²) in [4.78, 5) is 10.4. The molecule has 1 radical (unpaired) electrons. The Hall–Kier alpha value is -0.570. The molecule has 0 spiro atoms. The molecule has 1 N–H and O–H groups in total. The van der Waals surface area contributed by atoms with Crippen molar-refractivity contribution in [1.82, 2.24) is 10.4 Å². The van der Waals surface area contributed by atoms with Crippen LogP contribution in [-0.4, -0.2) is 24.0 Å². The Labute approximate surface area is 48.6 Å². The molecule has 1 saturated heterocycles. The monoisotopic (exact) mass is 113 g/mol. The summed E-state index contributed by atoms with van der Waals surface area (Å²) in [6.07, 6.45) is 1.04. The predicted molar refractivity (Wildman–Crippen MR) is 29.7 cm³/mol. The lowest BCUT2D eigenvalue weighted by Gasteiger charge is -2.10. The molecule has 1 aliphatic heterocycles. The Balaban J connectivity index is 2.35. The van der Waals surface area contributed by atoms with Crippen LogP contribution in [0.15, 0.2) is 0 Å². The van der Waals surface area contributed by atoms with Crippen LogP contribution in [0.2, 0.25) is 0 Å². The van der Waals surface area contributed by atoms with E-state index in [4.69, 9.17) is 0 Å². The maximum Gasteiger partial charge on any atom is 0.237 e. The molecular formula is C5H9N2O. The number of nitrogens with zero attached hydrogens (tertiary/aromatic N) is 1. The Kier molecular flexibility index (Phi) is 1.48. The summed E-state index contributed by atoms with van der Waals surface area (Å²) >= 11 is 0. The van der Waals surface area contributed by atoms with E-state index in [9.17, 15) is 4.79 Å². The van der Waals surface area contributed by atoms with E-state index in [1.807, 2.05) is 0 Å². The summed E-state index contributed by atoms with van der Waals surface area (Å²) in [5.41, 5.74) is 2.88. The molecule has 1 heterocycles. The summed E-state index contributed by atoms with van der Waals surface area (Å²) < 4.78 is 0. The van der Waals surface area contributed by atoms with Crippen molar-refractivity contribution < 1.29 is 4.79 Å². The molecule has 3 nitrogen and oxygen atoms in total. The summed E-state index contributed by atoms with van der Waals surface area (Å²) in [5.74, 6) is -0.137. The first-order valence-electron chi connectivity index (χ1n) is 2.67. The maximum absolute atomic E-state index is 10.4. The minimum Gasteiger partial charge on any atom is -0.278 e. The first kappa shape index (κ1) is 5.56. The molecule has 0 aromatic heterocycles.